The van der Waals surface area contributed by atoms with Gasteiger partial charge in [0.1, 0.15) is 0 Å². The zero-order valence-electron chi connectivity index (χ0n) is 14.6. The highest BCUT2D eigenvalue weighted by Gasteiger charge is 2.50. The van der Waals surface area contributed by atoms with Crippen LogP contribution in [0.15, 0.2) is 4.79 Å². The predicted molar refractivity (Wildman–Crippen MR) is 93.5 cm³/mol. The fourth-order valence-corrected chi connectivity index (χ4v) is 3.17. The van der Waals surface area contributed by atoms with Crippen molar-refractivity contribution in [2.75, 3.05) is 42.7 Å². The van der Waals surface area contributed by atoms with Crippen molar-refractivity contribution < 1.29 is 22.8 Å². The topological polar surface area (TPSA) is 93.8 Å². The van der Waals surface area contributed by atoms with Crippen LogP contribution in [-0.2, 0) is 9.63 Å². The molecule has 2 aliphatic rings. The van der Waals surface area contributed by atoms with Gasteiger partial charge >= 0.3 is 12.1 Å². The number of hydroxylamine groups is 1. The number of hydrogen-bond acceptors (Lipinski definition) is 8. The third-order valence-electron chi connectivity index (χ3n) is 4.15. The van der Waals surface area contributed by atoms with Crippen LogP contribution < -0.4 is 20.8 Å². The van der Waals surface area contributed by atoms with Crippen LogP contribution in [0.1, 0.15) is 6.92 Å². The fourth-order valence-electron chi connectivity index (χ4n) is 3.01. The van der Waals surface area contributed by atoms with Gasteiger partial charge in [-0.25, -0.2) is 4.79 Å². The standard InChI is InChI=1S/C15H16ClF3N6O3/c1-2-3-6-24-9-10(21-13(16)22-11(9)26)25(28-12(27)15(17,18)19)14(24)23-7-4-20-5-8-23/h14,20H,4-8H2,1H3,(H,21,22,26). The SMILES string of the molecule is CC#CCN1c2c(nc(Cl)[nH]c2=O)N(OC(=O)C(F)(F)F)C1N1CCNCC1. The highest BCUT2D eigenvalue weighted by molar-refractivity contribution is 6.28. The zero-order chi connectivity index (χ0) is 20.5. The van der Waals surface area contributed by atoms with Crippen molar-refractivity contribution in [2.45, 2.75) is 19.4 Å². The van der Waals surface area contributed by atoms with E-state index in [9.17, 15) is 22.8 Å². The summed E-state index contributed by atoms with van der Waals surface area (Å²) in [6.07, 6.45) is -6.26. The summed E-state index contributed by atoms with van der Waals surface area (Å²) < 4.78 is 38.5. The summed E-state index contributed by atoms with van der Waals surface area (Å²) in [6.45, 7) is 3.57. The lowest BCUT2D eigenvalue weighted by atomic mass is 10.3. The smallest absolute Gasteiger partial charge is 0.327 e. The number of fused-ring (bicyclic) bond motifs is 1. The van der Waals surface area contributed by atoms with E-state index >= 15 is 0 Å². The molecule has 0 saturated carbocycles. The maximum absolute atomic E-state index is 12.8. The molecular weight excluding hydrogens is 405 g/mol. The Morgan fingerprint density at radius 2 is 2.07 bits per heavy atom. The Labute approximate surface area is 162 Å². The van der Waals surface area contributed by atoms with Gasteiger partial charge in [0.15, 0.2) is 17.8 Å². The summed E-state index contributed by atoms with van der Waals surface area (Å²) in [4.78, 5) is 38.0. The van der Waals surface area contributed by atoms with Gasteiger partial charge in [0.05, 0.1) is 6.54 Å². The Bertz CT molecular complexity index is 874. The van der Waals surface area contributed by atoms with E-state index in [4.69, 9.17) is 11.6 Å². The zero-order valence-corrected chi connectivity index (χ0v) is 15.4. The number of rotatable bonds is 3. The molecule has 13 heteroatoms. The van der Waals surface area contributed by atoms with Crippen LogP contribution in [0.4, 0.5) is 24.7 Å². The van der Waals surface area contributed by atoms with E-state index in [0.29, 0.717) is 31.2 Å². The molecule has 0 amide bonds. The number of aromatic amines is 1. The van der Waals surface area contributed by atoms with Crippen molar-refractivity contribution in [3.8, 4) is 11.8 Å². The summed E-state index contributed by atoms with van der Waals surface area (Å²) in [6, 6.07) is 0. The van der Waals surface area contributed by atoms with Gasteiger partial charge in [-0.05, 0) is 18.5 Å². The number of halogens is 4. The van der Waals surface area contributed by atoms with Crippen molar-refractivity contribution in [2.24, 2.45) is 0 Å². The van der Waals surface area contributed by atoms with E-state index in [2.05, 4.69) is 32.0 Å². The maximum atomic E-state index is 12.8. The summed E-state index contributed by atoms with van der Waals surface area (Å²) >= 11 is 5.78. The molecular formula is C15H16ClF3N6O3. The number of nitrogens with one attached hydrogen (secondary N) is 2. The number of hydrogen-bond donors (Lipinski definition) is 2. The Kier molecular flexibility index (Phi) is 5.69. The van der Waals surface area contributed by atoms with E-state index in [1.165, 1.54) is 4.90 Å². The largest absolute Gasteiger partial charge is 0.493 e. The molecule has 1 unspecified atom stereocenters. The van der Waals surface area contributed by atoms with Gasteiger partial charge < -0.3 is 15.1 Å². The van der Waals surface area contributed by atoms with Crippen LogP contribution in [0.3, 0.4) is 0 Å². The summed E-state index contributed by atoms with van der Waals surface area (Å²) in [7, 11) is 0. The average molecular weight is 421 g/mol. The molecule has 2 aliphatic heterocycles. The van der Waals surface area contributed by atoms with Gasteiger partial charge in [-0.1, -0.05) is 5.92 Å². The monoisotopic (exact) mass is 420 g/mol. The van der Waals surface area contributed by atoms with Crippen molar-refractivity contribution in [1.29, 1.82) is 0 Å². The quantitative estimate of drug-likeness (QED) is 0.532. The molecule has 0 aromatic carbocycles. The van der Waals surface area contributed by atoms with Gasteiger partial charge in [-0.15, -0.1) is 11.0 Å². The molecule has 1 atom stereocenters. The van der Waals surface area contributed by atoms with E-state index in [-0.39, 0.29) is 23.3 Å². The molecule has 28 heavy (non-hydrogen) atoms. The van der Waals surface area contributed by atoms with Crippen molar-refractivity contribution in [3.63, 3.8) is 0 Å². The van der Waals surface area contributed by atoms with Gasteiger partial charge in [0.25, 0.3) is 5.56 Å². The molecule has 0 spiro atoms. The van der Waals surface area contributed by atoms with Crippen LogP contribution in [-0.4, -0.2) is 66.0 Å². The van der Waals surface area contributed by atoms with E-state index in [1.807, 2.05) is 0 Å². The second kappa shape index (κ2) is 7.86. The molecule has 0 bridgehead atoms. The highest BCUT2D eigenvalue weighted by Crippen LogP contribution is 2.38. The molecule has 152 valence electrons. The number of anilines is 2. The highest BCUT2D eigenvalue weighted by atomic mass is 35.5. The van der Waals surface area contributed by atoms with Gasteiger partial charge in [0.2, 0.25) is 5.28 Å². The van der Waals surface area contributed by atoms with Gasteiger partial charge in [0, 0.05) is 26.2 Å². The lowest BCUT2D eigenvalue weighted by molar-refractivity contribution is -0.203. The minimum absolute atomic E-state index is 0.00452. The van der Waals surface area contributed by atoms with Crippen LogP contribution in [0.25, 0.3) is 0 Å². The molecule has 1 aromatic heterocycles. The summed E-state index contributed by atoms with van der Waals surface area (Å²) in [5.41, 5.74) is -0.760. The molecule has 1 saturated heterocycles. The van der Waals surface area contributed by atoms with E-state index < -0.39 is 24.0 Å². The predicted octanol–water partition coefficient (Wildman–Crippen LogP) is 0.282. The number of alkyl halides is 3. The molecule has 0 aliphatic carbocycles. The Morgan fingerprint density at radius 1 is 1.39 bits per heavy atom. The van der Waals surface area contributed by atoms with Crippen molar-refractivity contribution in [1.82, 2.24) is 20.2 Å². The Hall–Kier alpha value is -2.49. The minimum Gasteiger partial charge on any atom is -0.327 e. The van der Waals surface area contributed by atoms with Crippen LogP contribution >= 0.6 is 11.6 Å². The summed E-state index contributed by atoms with van der Waals surface area (Å²) in [5.74, 6) is 2.73. The van der Waals surface area contributed by atoms with Gasteiger partial charge in [-0.2, -0.15) is 18.2 Å². The molecule has 1 fully saturated rings. The molecule has 3 rings (SSSR count). The Morgan fingerprint density at radius 3 is 2.68 bits per heavy atom. The molecule has 0 radical (unpaired) electrons. The van der Waals surface area contributed by atoms with Crippen LogP contribution in [0.5, 0.6) is 0 Å². The van der Waals surface area contributed by atoms with E-state index in [0.717, 1.165) is 0 Å². The number of H-pyrrole nitrogens is 1. The Balaban J connectivity index is 2.10. The lowest BCUT2D eigenvalue weighted by Crippen LogP contribution is -2.61. The molecule has 2 N–H and O–H groups in total. The first kappa shape index (κ1) is 20.2. The third-order valence-corrected chi connectivity index (χ3v) is 4.33. The lowest BCUT2D eigenvalue weighted by Gasteiger charge is -2.40. The van der Waals surface area contributed by atoms with Gasteiger partial charge in [-0.3, -0.25) is 14.7 Å². The number of carbonyl (C=O) groups excluding carboxylic acids is 1. The van der Waals surface area contributed by atoms with E-state index in [1.54, 1.807) is 11.8 Å². The third kappa shape index (κ3) is 3.87. The average Bonchev–Trinajstić information content (AvgIpc) is 2.93. The number of carbonyl (C=O) groups is 1. The van der Waals surface area contributed by atoms with Crippen LogP contribution in [0.2, 0.25) is 5.28 Å². The first-order chi connectivity index (χ1) is 13.2. The normalized spacial score (nSPS) is 19.8. The fraction of sp³-hybridized carbons (Fsp3) is 0.533. The van der Waals surface area contributed by atoms with Crippen molar-refractivity contribution in [3.05, 3.63) is 15.6 Å². The van der Waals surface area contributed by atoms with Crippen molar-refractivity contribution >= 4 is 29.1 Å². The number of aromatic nitrogens is 2. The molecule has 3 heterocycles. The first-order valence-corrected chi connectivity index (χ1v) is 8.61. The minimum atomic E-state index is -5.23. The summed E-state index contributed by atoms with van der Waals surface area (Å²) in [5, 5.41) is 3.45. The second-order valence-electron chi connectivity index (χ2n) is 5.92. The number of nitrogens with zero attached hydrogens (tertiary/aromatic N) is 4. The second-order valence-corrected chi connectivity index (χ2v) is 6.28. The first-order valence-electron chi connectivity index (χ1n) is 8.23. The maximum Gasteiger partial charge on any atom is 0.493 e. The van der Waals surface area contributed by atoms with Crippen LogP contribution in [0, 0.1) is 11.8 Å². The molecule has 9 nitrogen and oxygen atoms in total. The molecule has 1 aromatic rings. The number of piperazine rings is 1.